The molecule has 7 heteroatoms. The van der Waals surface area contributed by atoms with Gasteiger partial charge in [-0.05, 0) is 26.0 Å². The third kappa shape index (κ3) is 1.82. The third-order valence-corrected chi connectivity index (χ3v) is 3.95. The van der Waals surface area contributed by atoms with Crippen LogP contribution in [-0.2, 0) is 0 Å². The molecule has 0 fully saturated rings. The fourth-order valence-electron chi connectivity index (χ4n) is 3.03. The lowest BCUT2D eigenvalue weighted by atomic mass is 9.99. The molecule has 3 aromatic rings. The molecular formula is C16H13N5O2. The smallest absolute Gasteiger partial charge is 0.231 e. The first-order valence-corrected chi connectivity index (χ1v) is 7.05. The van der Waals surface area contributed by atoms with E-state index in [0.717, 1.165) is 27.9 Å². The molecule has 3 N–H and O–H groups in total. The van der Waals surface area contributed by atoms with Crippen molar-refractivity contribution in [3.05, 3.63) is 29.1 Å². The van der Waals surface area contributed by atoms with Gasteiger partial charge >= 0.3 is 0 Å². The maximum Gasteiger partial charge on any atom is 0.231 e. The molecule has 0 saturated carbocycles. The lowest BCUT2D eigenvalue weighted by Crippen LogP contribution is -1.97. The zero-order valence-electron chi connectivity index (χ0n) is 12.6. The summed E-state index contributed by atoms with van der Waals surface area (Å²) in [5, 5.41) is 10.1. The van der Waals surface area contributed by atoms with E-state index in [9.17, 15) is 5.26 Å². The monoisotopic (exact) mass is 307 g/mol. The average Bonchev–Trinajstić information content (AvgIpc) is 3.10. The van der Waals surface area contributed by atoms with Gasteiger partial charge < -0.3 is 20.2 Å². The zero-order valence-corrected chi connectivity index (χ0v) is 12.6. The number of nitrogens with zero attached hydrogens (tertiary/aromatic N) is 3. The summed E-state index contributed by atoms with van der Waals surface area (Å²) in [6, 6.07) is 5.71. The maximum absolute atomic E-state index is 9.20. The van der Waals surface area contributed by atoms with E-state index in [1.165, 1.54) is 0 Å². The third-order valence-electron chi connectivity index (χ3n) is 3.95. The minimum absolute atomic E-state index is 0.102. The van der Waals surface area contributed by atoms with E-state index in [1.807, 2.05) is 19.9 Å². The van der Waals surface area contributed by atoms with Crippen LogP contribution in [0.4, 0.5) is 5.95 Å². The Morgan fingerprint density at radius 2 is 2.00 bits per heavy atom. The van der Waals surface area contributed by atoms with Gasteiger partial charge in [-0.2, -0.15) is 10.2 Å². The van der Waals surface area contributed by atoms with E-state index < -0.39 is 0 Å². The number of anilines is 1. The molecule has 0 amide bonds. The summed E-state index contributed by atoms with van der Waals surface area (Å²) in [6.07, 6.45) is 0. The van der Waals surface area contributed by atoms with Gasteiger partial charge in [0, 0.05) is 22.2 Å². The van der Waals surface area contributed by atoms with Gasteiger partial charge in [-0.25, -0.2) is 4.98 Å². The molecule has 7 nitrogen and oxygen atoms in total. The van der Waals surface area contributed by atoms with Crippen molar-refractivity contribution in [2.75, 3.05) is 12.5 Å². The van der Waals surface area contributed by atoms with Crippen LogP contribution in [0.5, 0.6) is 11.5 Å². The summed E-state index contributed by atoms with van der Waals surface area (Å²) >= 11 is 0. The molecule has 1 aliphatic heterocycles. The molecule has 0 atom stereocenters. The van der Waals surface area contributed by atoms with Crippen LogP contribution in [0.15, 0.2) is 12.1 Å². The number of hydrogen-bond acceptors (Lipinski definition) is 6. The van der Waals surface area contributed by atoms with E-state index in [1.54, 1.807) is 6.07 Å². The van der Waals surface area contributed by atoms with Gasteiger partial charge in [0.05, 0.1) is 11.3 Å². The number of aromatic nitrogens is 3. The van der Waals surface area contributed by atoms with Crippen molar-refractivity contribution in [1.29, 1.82) is 5.26 Å². The molecule has 4 rings (SSSR count). The molecular weight excluding hydrogens is 294 g/mol. The molecule has 114 valence electrons. The number of nitrogens with one attached hydrogen (secondary N) is 1. The van der Waals surface area contributed by atoms with Gasteiger partial charge in [0.25, 0.3) is 0 Å². The van der Waals surface area contributed by atoms with Gasteiger partial charge in [0.1, 0.15) is 11.7 Å². The highest BCUT2D eigenvalue weighted by molar-refractivity contribution is 5.99. The topological polar surface area (TPSA) is 110 Å². The number of nitrogens with two attached hydrogens (primary N) is 1. The summed E-state index contributed by atoms with van der Waals surface area (Å²) < 4.78 is 11.1. The number of H-pyrrole nitrogens is 1. The lowest BCUT2D eigenvalue weighted by Gasteiger charge is -2.08. The number of aryl methyl sites for hydroxylation is 2. The largest absolute Gasteiger partial charge is 0.453 e. The Labute approximate surface area is 131 Å². The minimum atomic E-state index is 0.102. The van der Waals surface area contributed by atoms with Gasteiger partial charge in [0.2, 0.25) is 12.7 Å². The van der Waals surface area contributed by atoms with E-state index in [0.29, 0.717) is 22.7 Å². The Balaban J connectivity index is 2.07. The van der Waals surface area contributed by atoms with Crippen LogP contribution in [0.25, 0.3) is 22.2 Å². The molecule has 0 aliphatic carbocycles. The molecule has 1 aliphatic rings. The number of nitrogen functional groups attached to an aromatic ring is 1. The molecule has 1 aromatic carbocycles. The first-order valence-electron chi connectivity index (χ1n) is 7.05. The average molecular weight is 307 g/mol. The highest BCUT2D eigenvalue weighted by Crippen LogP contribution is 2.46. The highest BCUT2D eigenvalue weighted by Gasteiger charge is 2.26. The maximum atomic E-state index is 9.20. The van der Waals surface area contributed by atoms with E-state index in [2.05, 4.69) is 21.0 Å². The van der Waals surface area contributed by atoms with Gasteiger partial charge in [-0.15, -0.1) is 0 Å². The van der Waals surface area contributed by atoms with Crippen LogP contribution in [-0.4, -0.2) is 21.7 Å². The Bertz CT molecular complexity index is 1000. The molecule has 0 radical (unpaired) electrons. The Morgan fingerprint density at radius 1 is 1.22 bits per heavy atom. The van der Waals surface area contributed by atoms with Crippen molar-refractivity contribution in [3.63, 3.8) is 0 Å². The summed E-state index contributed by atoms with van der Waals surface area (Å²) in [6.45, 7) is 3.94. The number of rotatable bonds is 1. The molecule has 0 unspecified atom stereocenters. The first-order chi connectivity index (χ1) is 11.1. The second-order valence-electron chi connectivity index (χ2n) is 5.35. The number of hydrogen-bond donors (Lipinski definition) is 2. The molecule has 0 bridgehead atoms. The SMILES string of the molecule is Cc1[nH]c2nc(N)nc(C)c2c1-c1ccc(C#N)c2c1OCO2. The Hall–Kier alpha value is -3.27. The molecule has 23 heavy (non-hydrogen) atoms. The van der Waals surface area contributed by atoms with Crippen LogP contribution in [0, 0.1) is 25.2 Å². The Kier molecular flexibility index (Phi) is 2.69. The summed E-state index contributed by atoms with van der Waals surface area (Å²) in [7, 11) is 0. The summed E-state index contributed by atoms with van der Waals surface area (Å²) in [5.74, 6) is 1.28. The van der Waals surface area contributed by atoms with Crippen LogP contribution in [0.2, 0.25) is 0 Å². The van der Waals surface area contributed by atoms with Crippen LogP contribution in [0.1, 0.15) is 17.0 Å². The quantitative estimate of drug-likeness (QED) is 0.714. The predicted octanol–water partition coefficient (Wildman–Crippen LogP) is 2.42. The van der Waals surface area contributed by atoms with Crippen LogP contribution >= 0.6 is 0 Å². The summed E-state index contributed by atoms with van der Waals surface area (Å²) in [5.41, 5.74) is 10.3. The normalized spacial score (nSPS) is 12.6. The lowest BCUT2D eigenvalue weighted by molar-refractivity contribution is 0.174. The van der Waals surface area contributed by atoms with Crippen molar-refractivity contribution >= 4 is 17.0 Å². The van der Waals surface area contributed by atoms with E-state index >= 15 is 0 Å². The molecule has 0 spiro atoms. The molecule has 3 heterocycles. The van der Waals surface area contributed by atoms with Gasteiger partial charge in [-0.1, -0.05) is 0 Å². The fourth-order valence-corrected chi connectivity index (χ4v) is 3.03. The van der Waals surface area contributed by atoms with Crippen LogP contribution in [0.3, 0.4) is 0 Å². The van der Waals surface area contributed by atoms with Gasteiger partial charge in [-0.3, -0.25) is 0 Å². The Morgan fingerprint density at radius 3 is 2.78 bits per heavy atom. The van der Waals surface area contributed by atoms with E-state index in [4.69, 9.17) is 15.2 Å². The van der Waals surface area contributed by atoms with Gasteiger partial charge in [0.15, 0.2) is 11.5 Å². The van der Waals surface area contributed by atoms with Crippen molar-refractivity contribution in [1.82, 2.24) is 15.0 Å². The second kappa shape index (κ2) is 4.61. The van der Waals surface area contributed by atoms with Crippen molar-refractivity contribution < 1.29 is 9.47 Å². The summed E-state index contributed by atoms with van der Waals surface area (Å²) in [4.78, 5) is 11.7. The van der Waals surface area contributed by atoms with Crippen molar-refractivity contribution in [3.8, 4) is 28.7 Å². The first kappa shape index (κ1) is 13.4. The molecule has 2 aromatic heterocycles. The van der Waals surface area contributed by atoms with Crippen LogP contribution < -0.4 is 15.2 Å². The number of benzene rings is 1. The van der Waals surface area contributed by atoms with Crippen molar-refractivity contribution in [2.45, 2.75) is 13.8 Å². The number of ether oxygens (including phenoxy) is 2. The molecule has 0 saturated heterocycles. The predicted molar refractivity (Wildman–Crippen MR) is 84.0 cm³/mol. The standard InChI is InChI=1S/C16H13N5O2/c1-7-11(12-8(2)20-16(18)21-15(12)19-7)10-4-3-9(5-17)13-14(10)23-6-22-13/h3-4H,6H2,1-2H3,(H3,18,19,20,21). The van der Waals surface area contributed by atoms with E-state index in [-0.39, 0.29) is 12.7 Å². The zero-order chi connectivity index (χ0) is 16.1. The highest BCUT2D eigenvalue weighted by atomic mass is 16.7. The van der Waals surface area contributed by atoms with Crippen molar-refractivity contribution in [2.24, 2.45) is 0 Å². The minimum Gasteiger partial charge on any atom is -0.453 e. The fraction of sp³-hybridized carbons (Fsp3) is 0.188. The second-order valence-corrected chi connectivity index (χ2v) is 5.35. The number of nitriles is 1. The number of fused-ring (bicyclic) bond motifs is 2. The number of aromatic amines is 1.